The van der Waals surface area contributed by atoms with Crippen molar-refractivity contribution >= 4 is 17.8 Å². The highest BCUT2D eigenvalue weighted by Gasteiger charge is 2.41. The van der Waals surface area contributed by atoms with E-state index in [9.17, 15) is 14.4 Å². The first kappa shape index (κ1) is 14.2. The summed E-state index contributed by atoms with van der Waals surface area (Å²) in [6, 6.07) is -0.810. The van der Waals surface area contributed by atoms with Gasteiger partial charge in [-0.1, -0.05) is 0 Å². The molecule has 7 heteroatoms. The first-order chi connectivity index (χ1) is 9.63. The van der Waals surface area contributed by atoms with Gasteiger partial charge in [0.2, 0.25) is 11.8 Å². The molecule has 2 rings (SSSR count). The first-order valence-corrected chi connectivity index (χ1v) is 6.64. The highest BCUT2D eigenvalue weighted by Crippen LogP contribution is 2.18. The highest BCUT2D eigenvalue weighted by atomic mass is 16.5. The average molecular weight is 280 g/mol. The largest absolute Gasteiger partial charge is 0.507 e. The van der Waals surface area contributed by atoms with E-state index in [1.807, 2.05) is 0 Å². The maximum Gasteiger partial charge on any atom is 0.507 e. The van der Waals surface area contributed by atoms with Crippen molar-refractivity contribution in [2.24, 2.45) is 0 Å². The van der Waals surface area contributed by atoms with Gasteiger partial charge in [0.1, 0.15) is 0 Å². The molecule has 2 N–H and O–H groups in total. The lowest BCUT2D eigenvalue weighted by atomic mass is 10.0. The molecule has 1 unspecified atom stereocenters. The minimum absolute atomic E-state index is 0.253. The minimum atomic E-state index is -0.810. The summed E-state index contributed by atoms with van der Waals surface area (Å²) in [7, 11) is 0. The number of ether oxygens (including phenoxy) is 1. The Bertz CT molecular complexity index is 482. The summed E-state index contributed by atoms with van der Waals surface area (Å²) in [5.74, 6) is -0.875. The molecule has 7 nitrogen and oxygen atoms in total. The third kappa shape index (κ3) is 3.04. The Morgan fingerprint density at radius 2 is 2.20 bits per heavy atom. The number of imide groups is 1. The van der Waals surface area contributed by atoms with Crippen molar-refractivity contribution in [3.8, 4) is 0 Å². The van der Waals surface area contributed by atoms with Crippen molar-refractivity contribution < 1.29 is 19.1 Å². The van der Waals surface area contributed by atoms with Crippen LogP contribution in [0.5, 0.6) is 0 Å². The van der Waals surface area contributed by atoms with E-state index in [0.717, 1.165) is 4.90 Å². The summed E-state index contributed by atoms with van der Waals surface area (Å²) in [5.41, 5.74) is 0.715. The van der Waals surface area contributed by atoms with Crippen molar-refractivity contribution in [3.05, 3.63) is 18.2 Å². The van der Waals surface area contributed by atoms with Crippen molar-refractivity contribution in [1.82, 2.24) is 14.9 Å². The standard InChI is InChI=1S/C13H17N3O4/c1-2-20-13(19)10(6-9-7-14-8-15-9)16-11(17)4-3-5-12(16)18/h7-8,10H,2-6H2,1H3,(H,14,15)/p+1. The van der Waals surface area contributed by atoms with E-state index in [2.05, 4.69) is 9.97 Å². The first-order valence-electron chi connectivity index (χ1n) is 6.64. The number of aromatic nitrogens is 2. The van der Waals surface area contributed by atoms with E-state index in [4.69, 9.17) is 4.74 Å². The number of aromatic amines is 1. The third-order valence-corrected chi connectivity index (χ3v) is 3.18. The number of carbonyl (C=O) groups excluding carboxylic acids is 3. The predicted molar refractivity (Wildman–Crippen MR) is 70.4 cm³/mol. The number of carbonyl (C=O) groups is 2. The fourth-order valence-corrected chi connectivity index (χ4v) is 2.26. The number of nitrogens with zero attached hydrogens (tertiary/aromatic N) is 2. The Balaban J connectivity index is 2.22. The zero-order valence-electron chi connectivity index (χ0n) is 11.3. The SMILES string of the molecule is CCOC(=[OH+])C(Cc1cnc[nH]1)N1C(=O)CCCC1=O. The number of hydrogen-bond donors (Lipinski definition) is 1. The lowest BCUT2D eigenvalue weighted by Crippen LogP contribution is -2.52. The van der Waals surface area contributed by atoms with Gasteiger partial charge in [0, 0.05) is 31.2 Å². The number of piperidine rings is 1. The summed E-state index contributed by atoms with van der Waals surface area (Å²) in [6.45, 7) is 1.99. The van der Waals surface area contributed by atoms with Gasteiger partial charge in [-0.15, -0.1) is 0 Å². The van der Waals surface area contributed by atoms with Gasteiger partial charge in [0.15, 0.2) is 12.6 Å². The van der Waals surface area contributed by atoms with Gasteiger partial charge in [0.05, 0.1) is 6.33 Å². The summed E-state index contributed by atoms with van der Waals surface area (Å²) in [5, 5.41) is 0. The average Bonchev–Trinajstić information content (AvgIpc) is 2.90. The second-order valence-corrected chi connectivity index (χ2v) is 4.58. The zero-order valence-corrected chi connectivity index (χ0v) is 11.3. The van der Waals surface area contributed by atoms with Gasteiger partial charge in [-0.05, 0) is 13.3 Å². The minimum Gasteiger partial charge on any atom is -0.348 e. The number of nitrogens with one attached hydrogen (secondary N) is 1. The molecule has 20 heavy (non-hydrogen) atoms. The number of esters is 1. The van der Waals surface area contributed by atoms with Gasteiger partial charge in [-0.25, -0.2) is 4.98 Å². The molecule has 0 saturated carbocycles. The topological polar surface area (TPSA) is 96.7 Å². The Morgan fingerprint density at radius 1 is 1.50 bits per heavy atom. The van der Waals surface area contributed by atoms with Crippen molar-refractivity contribution in [1.29, 1.82) is 0 Å². The lowest BCUT2D eigenvalue weighted by Gasteiger charge is -2.28. The molecule has 1 aliphatic heterocycles. The van der Waals surface area contributed by atoms with Crippen LogP contribution >= 0.6 is 0 Å². The molecule has 0 spiro atoms. The smallest absolute Gasteiger partial charge is 0.348 e. The fourth-order valence-electron chi connectivity index (χ4n) is 2.26. The molecule has 2 amide bonds. The Hall–Kier alpha value is -2.18. The van der Waals surface area contributed by atoms with Crippen LogP contribution in [-0.2, 0) is 20.7 Å². The number of imidazole rings is 1. The van der Waals surface area contributed by atoms with Crippen LogP contribution in [0.15, 0.2) is 12.5 Å². The van der Waals surface area contributed by atoms with E-state index in [-0.39, 0.29) is 30.8 Å². The van der Waals surface area contributed by atoms with Gasteiger partial charge in [0.25, 0.3) is 0 Å². The Morgan fingerprint density at radius 3 is 2.75 bits per heavy atom. The second-order valence-electron chi connectivity index (χ2n) is 4.58. The molecular weight excluding hydrogens is 262 g/mol. The number of rotatable bonds is 5. The molecule has 1 aromatic heterocycles. The van der Waals surface area contributed by atoms with Crippen LogP contribution in [0.25, 0.3) is 0 Å². The van der Waals surface area contributed by atoms with Crippen LogP contribution in [0, 0.1) is 0 Å². The Labute approximate surface area is 116 Å². The zero-order chi connectivity index (χ0) is 14.5. The number of H-pyrrole nitrogens is 1. The van der Waals surface area contributed by atoms with Gasteiger partial charge in [-0.2, -0.15) is 0 Å². The second kappa shape index (κ2) is 6.31. The van der Waals surface area contributed by atoms with E-state index in [1.54, 1.807) is 13.1 Å². The molecule has 1 saturated heterocycles. The van der Waals surface area contributed by atoms with Crippen LogP contribution < -0.4 is 0 Å². The molecule has 108 valence electrons. The van der Waals surface area contributed by atoms with Crippen LogP contribution in [0.3, 0.4) is 0 Å². The number of hydrogen-bond acceptors (Lipinski definition) is 4. The van der Waals surface area contributed by atoms with Gasteiger partial charge in [-0.3, -0.25) is 14.5 Å². The van der Waals surface area contributed by atoms with E-state index >= 15 is 0 Å². The lowest BCUT2D eigenvalue weighted by molar-refractivity contribution is -0.149. The molecule has 1 fully saturated rings. The summed E-state index contributed by atoms with van der Waals surface area (Å²) in [6.07, 6.45) is 4.52. The molecule has 0 radical (unpaired) electrons. The van der Waals surface area contributed by atoms with E-state index in [0.29, 0.717) is 25.0 Å². The van der Waals surface area contributed by atoms with Gasteiger partial charge >= 0.3 is 5.97 Å². The quantitative estimate of drug-likeness (QED) is 0.479. The van der Waals surface area contributed by atoms with Crippen LogP contribution in [-0.4, -0.2) is 50.1 Å². The molecular formula is C13H18N3O4+. The van der Waals surface area contributed by atoms with Crippen LogP contribution in [0.4, 0.5) is 0 Å². The van der Waals surface area contributed by atoms with Crippen LogP contribution in [0.1, 0.15) is 31.9 Å². The molecule has 1 aromatic rings. The van der Waals surface area contributed by atoms with Crippen LogP contribution in [0.2, 0.25) is 0 Å². The molecule has 1 atom stereocenters. The van der Waals surface area contributed by atoms with Gasteiger partial charge < -0.3 is 14.5 Å². The summed E-state index contributed by atoms with van der Waals surface area (Å²) in [4.78, 5) is 41.9. The van der Waals surface area contributed by atoms with Crippen molar-refractivity contribution in [2.45, 2.75) is 38.6 Å². The number of amides is 2. The number of likely N-dealkylation sites (tertiary alicyclic amines) is 1. The molecule has 1 aliphatic rings. The van der Waals surface area contributed by atoms with Crippen molar-refractivity contribution in [2.75, 3.05) is 6.61 Å². The molecule has 2 heterocycles. The van der Waals surface area contributed by atoms with Crippen molar-refractivity contribution in [3.63, 3.8) is 0 Å². The highest BCUT2D eigenvalue weighted by molar-refractivity contribution is 6.01. The van der Waals surface area contributed by atoms with E-state index < -0.39 is 6.04 Å². The maximum absolute atomic E-state index is 12.0. The third-order valence-electron chi connectivity index (χ3n) is 3.18. The monoisotopic (exact) mass is 280 g/mol. The normalized spacial score (nSPS) is 17.1. The molecule has 0 aromatic carbocycles. The molecule has 0 aliphatic carbocycles. The predicted octanol–water partition coefficient (Wildman–Crippen LogP) is 0.399. The fraction of sp³-hybridized carbons (Fsp3) is 0.538. The maximum atomic E-state index is 12.0. The molecule has 0 bridgehead atoms. The van der Waals surface area contributed by atoms with E-state index in [1.165, 1.54) is 6.33 Å². The summed E-state index contributed by atoms with van der Waals surface area (Å²) < 4.78 is 5.09. The Kier molecular flexibility index (Phi) is 4.49. The summed E-state index contributed by atoms with van der Waals surface area (Å²) >= 11 is 0.